The summed E-state index contributed by atoms with van der Waals surface area (Å²) in [4.78, 5) is 27.9. The van der Waals surface area contributed by atoms with Gasteiger partial charge in [0.25, 0.3) is 5.91 Å². The maximum absolute atomic E-state index is 12.1. The number of anilines is 1. The van der Waals surface area contributed by atoms with Crippen molar-refractivity contribution in [3.8, 4) is 5.75 Å². The molecule has 0 saturated heterocycles. The van der Waals surface area contributed by atoms with E-state index in [1.165, 1.54) is 7.11 Å². The Kier molecular flexibility index (Phi) is 6.97. The van der Waals surface area contributed by atoms with Gasteiger partial charge in [0.05, 0.1) is 19.2 Å². The smallest absolute Gasteiger partial charge is 0.306 e. The van der Waals surface area contributed by atoms with E-state index in [0.29, 0.717) is 16.5 Å². The summed E-state index contributed by atoms with van der Waals surface area (Å²) < 4.78 is 10.3. The van der Waals surface area contributed by atoms with Crippen LogP contribution in [0, 0.1) is 6.92 Å². The van der Waals surface area contributed by atoms with Gasteiger partial charge in [-0.15, -0.1) is 0 Å². The predicted molar refractivity (Wildman–Crippen MR) is 99.6 cm³/mol. The van der Waals surface area contributed by atoms with E-state index < -0.39 is 11.9 Å². The van der Waals surface area contributed by atoms with Crippen molar-refractivity contribution >= 4 is 29.2 Å². The number of amides is 1. The maximum Gasteiger partial charge on any atom is 0.306 e. The second-order valence-corrected chi connectivity index (χ2v) is 6.30. The standard InChI is InChI=1S/C19H21ClN2O4/c1-12(14-4-6-21-7-5-14)9-19(24)26-11-18(23)22-16-8-13(2)15(20)10-17(16)25-3/h4-8,10,12H,9,11H2,1-3H3,(H,22,23)/t12-/m1/s1. The van der Waals surface area contributed by atoms with Crippen molar-refractivity contribution in [2.24, 2.45) is 0 Å². The number of aryl methyl sites for hydroxylation is 1. The number of rotatable bonds is 7. The molecule has 0 radical (unpaired) electrons. The number of esters is 1. The van der Waals surface area contributed by atoms with Crippen molar-refractivity contribution in [1.82, 2.24) is 4.98 Å². The van der Waals surface area contributed by atoms with Gasteiger partial charge in [-0.3, -0.25) is 14.6 Å². The second kappa shape index (κ2) is 9.20. The molecule has 0 fully saturated rings. The van der Waals surface area contributed by atoms with E-state index in [1.807, 2.05) is 26.0 Å². The Morgan fingerprint density at radius 3 is 2.62 bits per heavy atom. The molecule has 7 heteroatoms. The number of nitrogens with one attached hydrogen (secondary N) is 1. The number of hydrogen-bond acceptors (Lipinski definition) is 5. The number of hydrogen-bond donors (Lipinski definition) is 1. The van der Waals surface area contributed by atoms with Crippen LogP contribution in [0.5, 0.6) is 5.75 Å². The quantitative estimate of drug-likeness (QED) is 0.745. The average Bonchev–Trinajstić information content (AvgIpc) is 2.63. The summed E-state index contributed by atoms with van der Waals surface area (Å²) in [5.74, 6) is -0.474. The lowest BCUT2D eigenvalue weighted by Gasteiger charge is -2.13. The normalized spacial score (nSPS) is 11.5. The number of carbonyl (C=O) groups is 2. The van der Waals surface area contributed by atoms with Crippen LogP contribution in [-0.4, -0.2) is 30.6 Å². The van der Waals surface area contributed by atoms with Crippen LogP contribution in [0.1, 0.15) is 30.4 Å². The molecule has 6 nitrogen and oxygen atoms in total. The number of carbonyl (C=O) groups excluding carboxylic acids is 2. The Morgan fingerprint density at radius 1 is 1.27 bits per heavy atom. The Balaban J connectivity index is 1.87. The first-order chi connectivity index (χ1) is 12.4. The van der Waals surface area contributed by atoms with Gasteiger partial charge in [0.15, 0.2) is 6.61 Å². The number of ether oxygens (including phenoxy) is 2. The van der Waals surface area contributed by atoms with E-state index in [1.54, 1.807) is 24.5 Å². The maximum atomic E-state index is 12.1. The van der Waals surface area contributed by atoms with Gasteiger partial charge >= 0.3 is 5.97 Å². The topological polar surface area (TPSA) is 77.5 Å². The van der Waals surface area contributed by atoms with E-state index >= 15 is 0 Å². The Hall–Kier alpha value is -2.60. The fourth-order valence-electron chi connectivity index (χ4n) is 2.38. The third-order valence-electron chi connectivity index (χ3n) is 3.87. The van der Waals surface area contributed by atoms with E-state index in [2.05, 4.69) is 10.3 Å². The van der Waals surface area contributed by atoms with Gasteiger partial charge in [-0.25, -0.2) is 0 Å². The summed E-state index contributed by atoms with van der Waals surface area (Å²) in [6.07, 6.45) is 3.53. The molecule has 1 heterocycles. The van der Waals surface area contributed by atoms with Crippen LogP contribution < -0.4 is 10.1 Å². The molecular formula is C19H21ClN2O4. The Bertz CT molecular complexity index is 781. The number of halogens is 1. The molecule has 0 bridgehead atoms. The molecule has 2 rings (SSSR count). The second-order valence-electron chi connectivity index (χ2n) is 5.90. The molecule has 1 aromatic carbocycles. The lowest BCUT2D eigenvalue weighted by molar-refractivity contribution is -0.147. The molecule has 0 aliphatic heterocycles. The first kappa shape index (κ1) is 19.7. The minimum atomic E-state index is -0.449. The fraction of sp³-hybridized carbons (Fsp3) is 0.316. The van der Waals surface area contributed by atoms with Gasteiger partial charge in [-0.05, 0) is 42.2 Å². The Labute approximate surface area is 157 Å². The average molecular weight is 377 g/mol. The van der Waals surface area contributed by atoms with Crippen LogP contribution in [0.4, 0.5) is 5.69 Å². The molecule has 0 spiro atoms. The highest BCUT2D eigenvalue weighted by molar-refractivity contribution is 6.31. The molecule has 26 heavy (non-hydrogen) atoms. The SMILES string of the molecule is COc1cc(Cl)c(C)cc1NC(=O)COC(=O)C[C@@H](C)c1ccncc1. The van der Waals surface area contributed by atoms with E-state index in [9.17, 15) is 9.59 Å². The van der Waals surface area contributed by atoms with Crippen molar-refractivity contribution in [1.29, 1.82) is 0 Å². The summed E-state index contributed by atoms with van der Waals surface area (Å²) in [5.41, 5.74) is 2.26. The van der Waals surface area contributed by atoms with Gasteiger partial charge in [0, 0.05) is 23.5 Å². The predicted octanol–water partition coefficient (Wildman–Crippen LogP) is 3.73. The lowest BCUT2D eigenvalue weighted by Crippen LogP contribution is -2.21. The fourth-order valence-corrected chi connectivity index (χ4v) is 2.53. The summed E-state index contributed by atoms with van der Waals surface area (Å²) in [7, 11) is 1.48. The van der Waals surface area contributed by atoms with Gasteiger partial charge in [-0.1, -0.05) is 18.5 Å². The monoisotopic (exact) mass is 376 g/mol. The van der Waals surface area contributed by atoms with Crippen LogP contribution in [0.15, 0.2) is 36.7 Å². The first-order valence-corrected chi connectivity index (χ1v) is 8.48. The Morgan fingerprint density at radius 2 is 1.96 bits per heavy atom. The van der Waals surface area contributed by atoms with Crippen molar-refractivity contribution in [2.45, 2.75) is 26.2 Å². The number of benzene rings is 1. The highest BCUT2D eigenvalue weighted by atomic mass is 35.5. The molecule has 138 valence electrons. The zero-order chi connectivity index (χ0) is 19.1. The van der Waals surface area contributed by atoms with Crippen molar-refractivity contribution in [3.63, 3.8) is 0 Å². The van der Waals surface area contributed by atoms with Crippen molar-refractivity contribution in [2.75, 3.05) is 19.0 Å². The molecule has 0 saturated carbocycles. The number of nitrogens with zero attached hydrogens (tertiary/aromatic N) is 1. The van der Waals surface area contributed by atoms with Gasteiger partial charge in [0.2, 0.25) is 0 Å². The number of aromatic nitrogens is 1. The molecule has 0 unspecified atom stereocenters. The largest absolute Gasteiger partial charge is 0.495 e. The molecule has 1 amide bonds. The van der Waals surface area contributed by atoms with E-state index in [4.69, 9.17) is 21.1 Å². The summed E-state index contributed by atoms with van der Waals surface area (Å²) >= 11 is 6.04. The van der Waals surface area contributed by atoms with Crippen LogP contribution >= 0.6 is 11.6 Å². The molecule has 1 atom stereocenters. The zero-order valence-corrected chi connectivity index (χ0v) is 15.7. The third-order valence-corrected chi connectivity index (χ3v) is 4.27. The minimum Gasteiger partial charge on any atom is -0.495 e. The molecular weight excluding hydrogens is 356 g/mol. The van der Waals surface area contributed by atoms with Gasteiger partial charge in [0.1, 0.15) is 5.75 Å². The number of pyridine rings is 1. The molecule has 0 aliphatic rings. The van der Waals surface area contributed by atoms with Crippen LogP contribution in [0.2, 0.25) is 5.02 Å². The van der Waals surface area contributed by atoms with Crippen LogP contribution in [-0.2, 0) is 14.3 Å². The highest BCUT2D eigenvalue weighted by Gasteiger charge is 2.15. The number of methoxy groups -OCH3 is 1. The van der Waals surface area contributed by atoms with Gasteiger partial charge < -0.3 is 14.8 Å². The molecule has 1 N–H and O–H groups in total. The third kappa shape index (κ3) is 5.46. The van der Waals surface area contributed by atoms with Gasteiger partial charge in [-0.2, -0.15) is 0 Å². The van der Waals surface area contributed by atoms with Crippen molar-refractivity contribution in [3.05, 3.63) is 52.8 Å². The summed E-state index contributed by atoms with van der Waals surface area (Å²) in [5, 5.41) is 3.20. The minimum absolute atomic E-state index is 0.0208. The summed E-state index contributed by atoms with van der Waals surface area (Å²) in [6, 6.07) is 7.01. The highest BCUT2D eigenvalue weighted by Crippen LogP contribution is 2.30. The van der Waals surface area contributed by atoms with Crippen LogP contribution in [0.3, 0.4) is 0 Å². The van der Waals surface area contributed by atoms with Crippen LogP contribution in [0.25, 0.3) is 0 Å². The zero-order valence-electron chi connectivity index (χ0n) is 14.9. The molecule has 2 aromatic rings. The van der Waals surface area contributed by atoms with E-state index in [-0.39, 0.29) is 18.9 Å². The molecule has 1 aromatic heterocycles. The van der Waals surface area contributed by atoms with Crippen molar-refractivity contribution < 1.29 is 19.1 Å². The lowest BCUT2D eigenvalue weighted by atomic mass is 9.99. The molecule has 0 aliphatic carbocycles. The summed E-state index contributed by atoms with van der Waals surface area (Å²) in [6.45, 7) is 3.36. The van der Waals surface area contributed by atoms with E-state index in [0.717, 1.165) is 11.1 Å². The first-order valence-electron chi connectivity index (χ1n) is 8.10.